The zero-order valence-corrected chi connectivity index (χ0v) is 11.6. The van der Waals surface area contributed by atoms with Crippen molar-refractivity contribution in [3.63, 3.8) is 0 Å². The maximum atomic E-state index is 12.7. The highest BCUT2D eigenvalue weighted by atomic mass is 16.2. The Balaban J connectivity index is 1.79. The molecule has 6 nitrogen and oxygen atoms in total. The number of carbonyl (C=O) groups excluding carboxylic acids is 1. The van der Waals surface area contributed by atoms with Crippen molar-refractivity contribution in [2.24, 2.45) is 5.84 Å². The molecule has 1 atom stereocenters. The monoisotopic (exact) mass is 275 g/mol. The lowest BCUT2D eigenvalue weighted by Gasteiger charge is -2.26. The summed E-state index contributed by atoms with van der Waals surface area (Å²) in [5.74, 6) is 5.92. The number of hydrogen-bond donors (Lipinski definition) is 2. The normalized spacial score (nSPS) is 23.2. The molecule has 0 saturated carbocycles. The SMILES string of the molecule is NNc1ncccc1C(=O)N1CCCN2CCCC2C1. The van der Waals surface area contributed by atoms with E-state index in [-0.39, 0.29) is 5.91 Å². The predicted octanol–water partition coefficient (Wildman–Crippen LogP) is 0.677. The van der Waals surface area contributed by atoms with Crippen LogP contribution in [0.2, 0.25) is 0 Å². The third-order valence-corrected chi connectivity index (χ3v) is 4.27. The Hall–Kier alpha value is -1.66. The molecule has 2 fully saturated rings. The Morgan fingerprint density at radius 1 is 1.35 bits per heavy atom. The molecule has 2 saturated heterocycles. The number of pyridine rings is 1. The van der Waals surface area contributed by atoms with Crippen molar-refractivity contribution in [2.75, 3.05) is 31.6 Å². The molecule has 6 heteroatoms. The van der Waals surface area contributed by atoms with Crippen LogP contribution in [0.15, 0.2) is 18.3 Å². The van der Waals surface area contributed by atoms with Gasteiger partial charge in [-0.15, -0.1) is 0 Å². The Morgan fingerprint density at radius 3 is 3.05 bits per heavy atom. The molecule has 3 rings (SSSR count). The van der Waals surface area contributed by atoms with Gasteiger partial charge in [-0.1, -0.05) is 0 Å². The molecule has 1 aromatic rings. The average Bonchev–Trinajstić information content (AvgIpc) is 2.83. The second kappa shape index (κ2) is 5.76. The van der Waals surface area contributed by atoms with Crippen molar-refractivity contribution in [3.05, 3.63) is 23.9 Å². The molecule has 20 heavy (non-hydrogen) atoms. The summed E-state index contributed by atoms with van der Waals surface area (Å²) < 4.78 is 0. The van der Waals surface area contributed by atoms with Crippen molar-refractivity contribution < 1.29 is 4.79 Å². The highest BCUT2D eigenvalue weighted by Gasteiger charge is 2.31. The number of nitrogens with two attached hydrogens (primary N) is 1. The third-order valence-electron chi connectivity index (χ3n) is 4.27. The number of amides is 1. The summed E-state index contributed by atoms with van der Waals surface area (Å²) in [5.41, 5.74) is 3.07. The van der Waals surface area contributed by atoms with E-state index in [4.69, 9.17) is 5.84 Å². The molecular weight excluding hydrogens is 254 g/mol. The number of anilines is 1. The number of aromatic nitrogens is 1. The first-order valence-electron chi connectivity index (χ1n) is 7.24. The van der Waals surface area contributed by atoms with Crippen molar-refractivity contribution >= 4 is 11.7 Å². The lowest BCUT2D eigenvalue weighted by atomic mass is 10.1. The molecule has 1 unspecified atom stereocenters. The largest absolute Gasteiger partial charge is 0.337 e. The van der Waals surface area contributed by atoms with Crippen LogP contribution in [0.1, 0.15) is 29.6 Å². The van der Waals surface area contributed by atoms with Crippen LogP contribution < -0.4 is 11.3 Å². The topological polar surface area (TPSA) is 74.5 Å². The molecule has 0 bridgehead atoms. The van der Waals surface area contributed by atoms with Gasteiger partial charge >= 0.3 is 0 Å². The van der Waals surface area contributed by atoms with E-state index < -0.39 is 0 Å². The van der Waals surface area contributed by atoms with Crippen LogP contribution in [0.5, 0.6) is 0 Å². The summed E-state index contributed by atoms with van der Waals surface area (Å²) in [6, 6.07) is 4.07. The Labute approximate surface area is 118 Å². The molecule has 1 amide bonds. The van der Waals surface area contributed by atoms with Gasteiger partial charge in [-0.05, 0) is 37.9 Å². The molecule has 0 radical (unpaired) electrons. The van der Waals surface area contributed by atoms with Crippen molar-refractivity contribution in [2.45, 2.75) is 25.3 Å². The van der Waals surface area contributed by atoms with Gasteiger partial charge in [-0.3, -0.25) is 9.69 Å². The summed E-state index contributed by atoms with van der Waals surface area (Å²) >= 11 is 0. The Kier molecular flexibility index (Phi) is 3.84. The van der Waals surface area contributed by atoms with Crippen LogP contribution >= 0.6 is 0 Å². The van der Waals surface area contributed by atoms with Gasteiger partial charge in [0.25, 0.3) is 5.91 Å². The molecule has 3 heterocycles. The lowest BCUT2D eigenvalue weighted by molar-refractivity contribution is 0.0744. The van der Waals surface area contributed by atoms with Crippen molar-refractivity contribution in [3.8, 4) is 0 Å². The number of carbonyl (C=O) groups is 1. The average molecular weight is 275 g/mol. The smallest absolute Gasteiger partial charge is 0.257 e. The molecule has 108 valence electrons. The second-order valence-electron chi connectivity index (χ2n) is 5.48. The number of nitrogen functional groups attached to an aromatic ring is 1. The van der Waals surface area contributed by atoms with Gasteiger partial charge in [0.1, 0.15) is 0 Å². The van der Waals surface area contributed by atoms with Crippen molar-refractivity contribution in [1.29, 1.82) is 0 Å². The lowest BCUT2D eigenvalue weighted by Crippen LogP contribution is -2.40. The summed E-state index contributed by atoms with van der Waals surface area (Å²) in [7, 11) is 0. The van der Waals surface area contributed by atoms with E-state index in [1.54, 1.807) is 18.3 Å². The Morgan fingerprint density at radius 2 is 2.20 bits per heavy atom. The highest BCUT2D eigenvalue weighted by Crippen LogP contribution is 2.23. The molecule has 0 spiro atoms. The van der Waals surface area contributed by atoms with E-state index in [1.165, 1.54) is 19.4 Å². The Bertz CT molecular complexity index is 492. The van der Waals surface area contributed by atoms with Gasteiger partial charge < -0.3 is 10.3 Å². The summed E-state index contributed by atoms with van der Waals surface area (Å²) in [5, 5.41) is 0. The summed E-state index contributed by atoms with van der Waals surface area (Å²) in [6.07, 6.45) is 5.11. The highest BCUT2D eigenvalue weighted by molar-refractivity contribution is 5.98. The number of hydrazine groups is 1. The van der Waals surface area contributed by atoms with Gasteiger partial charge in [0, 0.05) is 31.9 Å². The molecule has 0 aliphatic carbocycles. The second-order valence-corrected chi connectivity index (χ2v) is 5.48. The number of rotatable bonds is 2. The van der Waals surface area contributed by atoms with E-state index in [2.05, 4.69) is 15.3 Å². The molecule has 1 aromatic heterocycles. The first kappa shape index (κ1) is 13.3. The zero-order valence-electron chi connectivity index (χ0n) is 11.6. The summed E-state index contributed by atoms with van der Waals surface area (Å²) in [4.78, 5) is 21.3. The van der Waals surface area contributed by atoms with E-state index in [1.807, 2.05) is 4.90 Å². The minimum absolute atomic E-state index is 0.0276. The first-order valence-corrected chi connectivity index (χ1v) is 7.24. The molecule has 2 aliphatic rings. The number of nitrogens with zero attached hydrogens (tertiary/aromatic N) is 3. The fourth-order valence-corrected chi connectivity index (χ4v) is 3.25. The van der Waals surface area contributed by atoms with Gasteiger partial charge in [0.2, 0.25) is 0 Å². The van der Waals surface area contributed by atoms with Gasteiger partial charge in [0.15, 0.2) is 5.82 Å². The molecule has 3 N–H and O–H groups in total. The summed E-state index contributed by atoms with van der Waals surface area (Å²) in [6.45, 7) is 3.90. The standard InChI is InChI=1S/C14H21N5O/c15-17-13-12(5-1-6-16-13)14(20)19-9-3-8-18-7-2-4-11(18)10-19/h1,5-6,11H,2-4,7-10,15H2,(H,16,17). The molecule has 2 aliphatic heterocycles. The van der Waals surface area contributed by atoms with Gasteiger partial charge in [0.05, 0.1) is 5.56 Å². The third kappa shape index (κ3) is 2.48. The van der Waals surface area contributed by atoms with Crippen LogP contribution in [0.3, 0.4) is 0 Å². The van der Waals surface area contributed by atoms with Gasteiger partial charge in [-0.2, -0.15) is 0 Å². The number of nitrogens with one attached hydrogen (secondary N) is 1. The van der Waals surface area contributed by atoms with Crippen LogP contribution in [0.25, 0.3) is 0 Å². The fourth-order valence-electron chi connectivity index (χ4n) is 3.25. The molecular formula is C14H21N5O. The number of hydrogen-bond acceptors (Lipinski definition) is 5. The van der Waals surface area contributed by atoms with Crippen LogP contribution in [0, 0.1) is 0 Å². The minimum atomic E-state index is 0.0276. The van der Waals surface area contributed by atoms with E-state index >= 15 is 0 Å². The van der Waals surface area contributed by atoms with Gasteiger partial charge in [-0.25, -0.2) is 10.8 Å². The van der Waals surface area contributed by atoms with E-state index in [9.17, 15) is 4.79 Å². The number of fused-ring (bicyclic) bond motifs is 1. The minimum Gasteiger partial charge on any atom is -0.337 e. The van der Waals surface area contributed by atoms with Crippen molar-refractivity contribution in [1.82, 2.24) is 14.8 Å². The van der Waals surface area contributed by atoms with Crippen LogP contribution in [0.4, 0.5) is 5.82 Å². The maximum absolute atomic E-state index is 12.7. The maximum Gasteiger partial charge on any atom is 0.257 e. The van der Waals surface area contributed by atoms with Crippen LogP contribution in [-0.2, 0) is 0 Å². The molecule has 0 aromatic carbocycles. The predicted molar refractivity (Wildman–Crippen MR) is 77.2 cm³/mol. The van der Waals surface area contributed by atoms with Crippen LogP contribution in [-0.4, -0.2) is 52.9 Å². The van der Waals surface area contributed by atoms with E-state index in [0.29, 0.717) is 17.4 Å². The van der Waals surface area contributed by atoms with E-state index in [0.717, 1.165) is 26.1 Å². The zero-order chi connectivity index (χ0) is 13.9. The fraction of sp³-hybridized carbons (Fsp3) is 0.571. The quantitative estimate of drug-likeness (QED) is 0.613. The first-order chi connectivity index (χ1) is 9.79.